The lowest BCUT2D eigenvalue weighted by Crippen LogP contribution is -2.32. The molecule has 1 rings (SSSR count). The first-order valence-corrected chi connectivity index (χ1v) is 7.11. The third-order valence-electron chi connectivity index (χ3n) is 3.02. The van der Waals surface area contributed by atoms with Gasteiger partial charge in [-0.05, 0) is 45.2 Å². The van der Waals surface area contributed by atoms with Crippen molar-refractivity contribution >= 4 is 0 Å². The van der Waals surface area contributed by atoms with E-state index in [1.165, 1.54) is 12.0 Å². The smallest absolute Gasteiger partial charge is 0.0518 e. The molecule has 0 spiro atoms. The Kier molecular flexibility index (Phi) is 7.70. The molecular weight excluding hydrogens is 222 g/mol. The number of ether oxygens (including phenoxy) is 1. The van der Waals surface area contributed by atoms with Crippen LogP contribution in [0, 0.1) is 0 Å². The second kappa shape index (κ2) is 9.12. The molecule has 1 aromatic rings. The number of nitrogens with one attached hydrogen (secondary N) is 1. The maximum absolute atomic E-state index is 5.54. The van der Waals surface area contributed by atoms with Crippen LogP contribution in [0.25, 0.3) is 0 Å². The molecule has 0 aliphatic rings. The highest BCUT2D eigenvalue weighted by molar-refractivity contribution is 5.15. The molecule has 0 fully saturated rings. The Hall–Kier alpha value is -0.860. The van der Waals surface area contributed by atoms with Gasteiger partial charge in [0.25, 0.3) is 0 Å². The monoisotopic (exact) mass is 249 g/mol. The molecule has 0 saturated heterocycles. The van der Waals surface area contributed by atoms with Gasteiger partial charge in [-0.1, -0.05) is 37.3 Å². The molecule has 1 atom stereocenters. The minimum Gasteiger partial charge on any atom is -0.379 e. The van der Waals surface area contributed by atoms with Gasteiger partial charge in [0, 0.05) is 12.6 Å². The summed E-state index contributed by atoms with van der Waals surface area (Å²) in [5, 5.41) is 3.61. The predicted molar refractivity (Wildman–Crippen MR) is 77.9 cm³/mol. The van der Waals surface area contributed by atoms with Crippen molar-refractivity contribution in [2.45, 2.75) is 52.2 Å². The Bertz CT molecular complexity index is 297. The lowest BCUT2D eigenvalue weighted by Gasteiger charge is -2.17. The zero-order valence-corrected chi connectivity index (χ0v) is 12.0. The summed E-state index contributed by atoms with van der Waals surface area (Å²) in [6, 6.07) is 11.3. The fourth-order valence-corrected chi connectivity index (χ4v) is 1.96. The van der Waals surface area contributed by atoms with Crippen LogP contribution < -0.4 is 5.32 Å². The van der Waals surface area contributed by atoms with Gasteiger partial charge in [0.15, 0.2) is 0 Å². The van der Waals surface area contributed by atoms with Crippen LogP contribution >= 0.6 is 0 Å². The summed E-state index contributed by atoms with van der Waals surface area (Å²) in [6.07, 6.45) is 3.71. The molecule has 2 heteroatoms. The standard InChI is InChI=1S/C16H27NO/c1-4-16(13-15-9-6-5-7-10-15)17-11-8-12-18-14(2)3/h5-7,9-10,14,16-17H,4,8,11-13H2,1-3H3. The van der Waals surface area contributed by atoms with Crippen LogP contribution in [0.4, 0.5) is 0 Å². The first kappa shape index (κ1) is 15.2. The van der Waals surface area contributed by atoms with Gasteiger partial charge in [-0.25, -0.2) is 0 Å². The lowest BCUT2D eigenvalue weighted by molar-refractivity contribution is 0.0767. The van der Waals surface area contributed by atoms with E-state index in [9.17, 15) is 0 Å². The largest absolute Gasteiger partial charge is 0.379 e. The predicted octanol–water partition coefficient (Wildman–Crippen LogP) is 3.41. The molecule has 0 bridgehead atoms. The maximum atomic E-state index is 5.54. The second-order valence-corrected chi connectivity index (χ2v) is 5.02. The molecule has 18 heavy (non-hydrogen) atoms. The molecule has 1 aromatic carbocycles. The van der Waals surface area contributed by atoms with E-state index in [1.54, 1.807) is 0 Å². The zero-order chi connectivity index (χ0) is 13.2. The van der Waals surface area contributed by atoms with E-state index < -0.39 is 0 Å². The van der Waals surface area contributed by atoms with Crippen molar-refractivity contribution in [3.8, 4) is 0 Å². The van der Waals surface area contributed by atoms with E-state index in [0.29, 0.717) is 12.1 Å². The third-order valence-corrected chi connectivity index (χ3v) is 3.02. The normalized spacial score (nSPS) is 12.9. The molecule has 0 heterocycles. The van der Waals surface area contributed by atoms with Gasteiger partial charge in [-0.3, -0.25) is 0 Å². The van der Waals surface area contributed by atoms with Gasteiger partial charge in [-0.15, -0.1) is 0 Å². The minimum absolute atomic E-state index is 0.344. The average molecular weight is 249 g/mol. The van der Waals surface area contributed by atoms with Crippen molar-refractivity contribution in [2.24, 2.45) is 0 Å². The molecule has 0 amide bonds. The van der Waals surface area contributed by atoms with Gasteiger partial charge in [0.2, 0.25) is 0 Å². The van der Waals surface area contributed by atoms with Crippen molar-refractivity contribution < 1.29 is 4.74 Å². The number of rotatable bonds is 9. The number of hydrogen-bond donors (Lipinski definition) is 1. The fraction of sp³-hybridized carbons (Fsp3) is 0.625. The Morgan fingerprint density at radius 2 is 1.89 bits per heavy atom. The summed E-state index contributed by atoms with van der Waals surface area (Å²) >= 11 is 0. The van der Waals surface area contributed by atoms with E-state index in [1.807, 2.05) is 0 Å². The van der Waals surface area contributed by atoms with Gasteiger partial charge in [0.05, 0.1) is 6.10 Å². The Balaban J connectivity index is 2.18. The lowest BCUT2D eigenvalue weighted by atomic mass is 10.0. The van der Waals surface area contributed by atoms with Crippen LogP contribution in [0.2, 0.25) is 0 Å². The first-order chi connectivity index (χ1) is 8.72. The van der Waals surface area contributed by atoms with Crippen molar-refractivity contribution in [2.75, 3.05) is 13.2 Å². The summed E-state index contributed by atoms with van der Waals surface area (Å²) in [7, 11) is 0. The number of hydrogen-bond acceptors (Lipinski definition) is 2. The Labute approximate surface area is 112 Å². The van der Waals surface area contributed by atoms with Crippen LogP contribution in [-0.2, 0) is 11.2 Å². The quantitative estimate of drug-likeness (QED) is 0.677. The summed E-state index contributed by atoms with van der Waals surface area (Å²) < 4.78 is 5.54. The maximum Gasteiger partial charge on any atom is 0.0518 e. The molecule has 2 nitrogen and oxygen atoms in total. The van der Waals surface area contributed by atoms with E-state index in [-0.39, 0.29) is 0 Å². The summed E-state index contributed by atoms with van der Waals surface area (Å²) in [4.78, 5) is 0. The van der Waals surface area contributed by atoms with Crippen LogP contribution in [-0.4, -0.2) is 25.3 Å². The fourth-order valence-electron chi connectivity index (χ4n) is 1.96. The van der Waals surface area contributed by atoms with E-state index >= 15 is 0 Å². The summed E-state index contributed by atoms with van der Waals surface area (Å²) in [5.41, 5.74) is 1.41. The van der Waals surface area contributed by atoms with Crippen LogP contribution in [0.1, 0.15) is 39.2 Å². The van der Waals surface area contributed by atoms with E-state index in [0.717, 1.165) is 26.0 Å². The van der Waals surface area contributed by atoms with Crippen LogP contribution in [0.3, 0.4) is 0 Å². The minimum atomic E-state index is 0.344. The molecule has 1 N–H and O–H groups in total. The Morgan fingerprint density at radius 1 is 1.17 bits per heavy atom. The molecular formula is C16H27NO. The molecule has 0 aliphatic heterocycles. The van der Waals surface area contributed by atoms with Crippen LogP contribution in [0.15, 0.2) is 30.3 Å². The van der Waals surface area contributed by atoms with E-state index in [2.05, 4.69) is 56.4 Å². The average Bonchev–Trinajstić information content (AvgIpc) is 2.38. The molecule has 102 valence electrons. The summed E-state index contributed by atoms with van der Waals surface area (Å²) in [5.74, 6) is 0. The molecule has 1 unspecified atom stereocenters. The Morgan fingerprint density at radius 3 is 2.50 bits per heavy atom. The number of benzene rings is 1. The van der Waals surface area contributed by atoms with Gasteiger partial charge in [0.1, 0.15) is 0 Å². The van der Waals surface area contributed by atoms with E-state index in [4.69, 9.17) is 4.74 Å². The molecule has 0 aliphatic carbocycles. The highest BCUT2D eigenvalue weighted by Gasteiger charge is 2.06. The first-order valence-electron chi connectivity index (χ1n) is 7.11. The van der Waals surface area contributed by atoms with Crippen molar-refractivity contribution in [1.29, 1.82) is 0 Å². The summed E-state index contributed by atoms with van der Waals surface area (Å²) in [6.45, 7) is 8.30. The van der Waals surface area contributed by atoms with Gasteiger partial charge < -0.3 is 10.1 Å². The molecule has 0 aromatic heterocycles. The topological polar surface area (TPSA) is 21.3 Å². The molecule has 0 saturated carbocycles. The van der Waals surface area contributed by atoms with Crippen molar-refractivity contribution in [3.05, 3.63) is 35.9 Å². The molecule has 0 radical (unpaired) electrons. The van der Waals surface area contributed by atoms with Crippen molar-refractivity contribution in [3.63, 3.8) is 0 Å². The van der Waals surface area contributed by atoms with Gasteiger partial charge in [-0.2, -0.15) is 0 Å². The van der Waals surface area contributed by atoms with Gasteiger partial charge >= 0.3 is 0 Å². The van der Waals surface area contributed by atoms with Crippen LogP contribution in [0.5, 0.6) is 0 Å². The van der Waals surface area contributed by atoms with Crippen molar-refractivity contribution in [1.82, 2.24) is 5.32 Å². The zero-order valence-electron chi connectivity index (χ0n) is 12.0. The highest BCUT2D eigenvalue weighted by atomic mass is 16.5. The third kappa shape index (κ3) is 6.77. The second-order valence-electron chi connectivity index (χ2n) is 5.02. The highest BCUT2D eigenvalue weighted by Crippen LogP contribution is 2.05. The SMILES string of the molecule is CCC(Cc1ccccc1)NCCCOC(C)C.